The lowest BCUT2D eigenvalue weighted by Crippen LogP contribution is -2.40. The van der Waals surface area contributed by atoms with Crippen molar-refractivity contribution in [1.29, 1.82) is 0 Å². The number of unbranched alkanes of at least 4 members (excludes halogenated alkanes) is 1. The molecule has 0 atom stereocenters. The zero-order valence-electron chi connectivity index (χ0n) is 18.8. The molecule has 0 bridgehead atoms. The first kappa shape index (κ1) is 24.2. The standard InChI is InChI=1S/C23H30N2O6S/c1-4-5-9-23(27)31-16-22(26)21-14-17(2)25(18(21)3)19-7-6-8-20(15-19)32(28,29)24-10-12-30-13-11-24/h6-8,14-15H,4-5,9-13,16H2,1-3H3. The number of ether oxygens (including phenoxy) is 2. The van der Waals surface area contributed by atoms with Crippen LogP contribution >= 0.6 is 0 Å². The number of carbonyl (C=O) groups excluding carboxylic acids is 2. The molecule has 0 radical (unpaired) electrons. The van der Waals surface area contributed by atoms with E-state index in [0.29, 0.717) is 49.7 Å². The van der Waals surface area contributed by atoms with Gasteiger partial charge in [-0.05, 0) is 44.5 Å². The lowest BCUT2D eigenvalue weighted by atomic mass is 10.1. The van der Waals surface area contributed by atoms with Crippen LogP contribution in [0.15, 0.2) is 35.2 Å². The fourth-order valence-corrected chi connectivity index (χ4v) is 5.23. The Balaban J connectivity index is 1.83. The highest BCUT2D eigenvalue weighted by molar-refractivity contribution is 7.89. The number of hydrogen-bond donors (Lipinski definition) is 0. The number of carbonyl (C=O) groups is 2. The monoisotopic (exact) mass is 462 g/mol. The van der Waals surface area contributed by atoms with Crippen LogP contribution in [0.25, 0.3) is 5.69 Å². The first-order valence-corrected chi connectivity index (χ1v) is 12.3. The van der Waals surface area contributed by atoms with Crippen molar-refractivity contribution < 1.29 is 27.5 Å². The van der Waals surface area contributed by atoms with Crippen molar-refractivity contribution in [2.24, 2.45) is 0 Å². The van der Waals surface area contributed by atoms with Crippen LogP contribution in [0.3, 0.4) is 0 Å². The summed E-state index contributed by atoms with van der Waals surface area (Å²) in [7, 11) is -3.64. The normalized spacial score (nSPS) is 15.0. The number of rotatable bonds is 9. The predicted molar refractivity (Wildman–Crippen MR) is 120 cm³/mol. The Bertz CT molecular complexity index is 1080. The number of nitrogens with zero attached hydrogens (tertiary/aromatic N) is 2. The molecule has 1 aromatic carbocycles. The summed E-state index contributed by atoms with van der Waals surface area (Å²) >= 11 is 0. The van der Waals surface area contributed by atoms with Gasteiger partial charge >= 0.3 is 5.97 Å². The molecule has 1 saturated heterocycles. The van der Waals surface area contributed by atoms with Crippen LogP contribution in [-0.4, -0.2) is 62.0 Å². The highest BCUT2D eigenvalue weighted by Gasteiger charge is 2.27. The minimum absolute atomic E-state index is 0.196. The van der Waals surface area contributed by atoms with Crippen molar-refractivity contribution in [2.45, 2.75) is 44.9 Å². The lowest BCUT2D eigenvalue weighted by Gasteiger charge is -2.26. The molecule has 0 amide bonds. The van der Waals surface area contributed by atoms with Crippen molar-refractivity contribution in [3.05, 3.63) is 47.3 Å². The van der Waals surface area contributed by atoms with Gasteiger partial charge in [-0.2, -0.15) is 4.31 Å². The number of esters is 1. The van der Waals surface area contributed by atoms with Crippen LogP contribution in [-0.2, 0) is 24.3 Å². The van der Waals surface area contributed by atoms with Crippen LogP contribution in [0.2, 0.25) is 0 Å². The van der Waals surface area contributed by atoms with Crippen LogP contribution in [0.4, 0.5) is 0 Å². The first-order chi connectivity index (χ1) is 15.3. The van der Waals surface area contributed by atoms with Gasteiger partial charge in [0.05, 0.1) is 18.1 Å². The van der Waals surface area contributed by atoms with Gasteiger partial charge in [-0.15, -0.1) is 0 Å². The number of hydrogen-bond acceptors (Lipinski definition) is 6. The molecular formula is C23H30N2O6S. The third-order valence-electron chi connectivity index (χ3n) is 5.51. The number of sulfonamides is 1. The smallest absolute Gasteiger partial charge is 0.306 e. The average molecular weight is 463 g/mol. The molecule has 0 aliphatic carbocycles. The number of ketones is 1. The van der Waals surface area contributed by atoms with E-state index in [1.807, 2.05) is 18.4 Å². The molecule has 8 nitrogen and oxygen atoms in total. The minimum Gasteiger partial charge on any atom is -0.457 e. The van der Waals surface area contributed by atoms with Gasteiger partial charge in [-0.25, -0.2) is 8.42 Å². The molecule has 1 aromatic heterocycles. The maximum Gasteiger partial charge on any atom is 0.306 e. The summed E-state index contributed by atoms with van der Waals surface area (Å²) in [5.74, 6) is -0.665. The lowest BCUT2D eigenvalue weighted by molar-refractivity contribution is -0.142. The van der Waals surface area contributed by atoms with E-state index in [4.69, 9.17) is 9.47 Å². The van der Waals surface area contributed by atoms with Crippen molar-refractivity contribution >= 4 is 21.8 Å². The van der Waals surface area contributed by atoms with Crippen LogP contribution in [0, 0.1) is 13.8 Å². The molecule has 1 aliphatic rings. The van der Waals surface area contributed by atoms with Crippen molar-refractivity contribution in [3.8, 4) is 5.69 Å². The molecule has 3 rings (SSSR count). The number of morpholine rings is 1. The molecule has 0 unspecified atom stereocenters. The number of aromatic nitrogens is 1. The fraction of sp³-hybridized carbons (Fsp3) is 0.478. The quantitative estimate of drug-likeness (QED) is 0.420. The molecule has 2 heterocycles. The molecule has 1 aliphatic heterocycles. The molecule has 2 aromatic rings. The second kappa shape index (κ2) is 10.4. The molecular weight excluding hydrogens is 432 g/mol. The summed E-state index contributed by atoms with van der Waals surface area (Å²) in [4.78, 5) is 24.6. The van der Waals surface area contributed by atoms with Gasteiger partial charge in [0, 0.05) is 42.1 Å². The van der Waals surface area contributed by atoms with E-state index in [1.165, 1.54) is 4.31 Å². The zero-order valence-corrected chi connectivity index (χ0v) is 19.6. The SMILES string of the molecule is CCCCC(=O)OCC(=O)c1cc(C)n(-c2cccc(S(=O)(=O)N3CCOCC3)c2)c1C. The molecule has 0 N–H and O–H groups in total. The topological polar surface area (TPSA) is 94.9 Å². The molecule has 174 valence electrons. The van der Waals surface area contributed by atoms with E-state index in [-0.39, 0.29) is 23.3 Å². The van der Waals surface area contributed by atoms with E-state index in [2.05, 4.69) is 0 Å². The van der Waals surface area contributed by atoms with Gasteiger partial charge in [0.25, 0.3) is 0 Å². The summed E-state index contributed by atoms with van der Waals surface area (Å²) in [6.07, 6.45) is 1.91. The second-order valence-corrected chi connectivity index (χ2v) is 9.76. The number of aryl methyl sites for hydroxylation is 1. The van der Waals surface area contributed by atoms with E-state index in [9.17, 15) is 18.0 Å². The Kier molecular flexibility index (Phi) is 7.86. The summed E-state index contributed by atoms with van der Waals surface area (Å²) in [6.45, 7) is 6.72. The molecule has 9 heteroatoms. The largest absolute Gasteiger partial charge is 0.457 e. The second-order valence-electron chi connectivity index (χ2n) is 7.82. The maximum atomic E-state index is 13.0. The van der Waals surface area contributed by atoms with Crippen molar-refractivity contribution in [1.82, 2.24) is 8.87 Å². The van der Waals surface area contributed by atoms with Crippen LogP contribution in [0.5, 0.6) is 0 Å². The highest BCUT2D eigenvalue weighted by Crippen LogP contribution is 2.25. The van der Waals surface area contributed by atoms with Gasteiger partial charge in [0.2, 0.25) is 15.8 Å². The van der Waals surface area contributed by atoms with Gasteiger partial charge in [-0.1, -0.05) is 19.4 Å². The highest BCUT2D eigenvalue weighted by atomic mass is 32.2. The number of Topliss-reactive ketones (excluding diaryl/α,β-unsaturated/α-hetero) is 1. The van der Waals surface area contributed by atoms with Crippen molar-refractivity contribution in [2.75, 3.05) is 32.9 Å². The Hall–Kier alpha value is -2.49. The van der Waals surface area contributed by atoms with Gasteiger partial charge in [0.1, 0.15) is 0 Å². The van der Waals surface area contributed by atoms with E-state index in [1.54, 1.807) is 37.3 Å². The van der Waals surface area contributed by atoms with Crippen LogP contribution in [0.1, 0.15) is 47.9 Å². The van der Waals surface area contributed by atoms with Crippen LogP contribution < -0.4 is 0 Å². The van der Waals surface area contributed by atoms with E-state index < -0.39 is 10.0 Å². The first-order valence-electron chi connectivity index (χ1n) is 10.8. The summed E-state index contributed by atoms with van der Waals surface area (Å²) in [6, 6.07) is 8.42. The van der Waals surface area contributed by atoms with Gasteiger partial charge in [-0.3, -0.25) is 9.59 Å². The third kappa shape index (κ3) is 5.28. The fourth-order valence-electron chi connectivity index (χ4n) is 3.78. The number of benzene rings is 1. The molecule has 0 spiro atoms. The zero-order chi connectivity index (χ0) is 23.3. The minimum atomic E-state index is -3.64. The summed E-state index contributed by atoms with van der Waals surface area (Å²) in [5.41, 5.74) is 2.54. The van der Waals surface area contributed by atoms with Gasteiger partial charge in [0.15, 0.2) is 6.61 Å². The molecule has 32 heavy (non-hydrogen) atoms. The maximum absolute atomic E-state index is 13.0. The van der Waals surface area contributed by atoms with Gasteiger partial charge < -0.3 is 14.0 Å². The Morgan fingerprint density at radius 3 is 2.53 bits per heavy atom. The molecule has 0 saturated carbocycles. The summed E-state index contributed by atoms with van der Waals surface area (Å²) in [5, 5.41) is 0. The Morgan fingerprint density at radius 1 is 1.12 bits per heavy atom. The average Bonchev–Trinajstić information content (AvgIpc) is 3.10. The Morgan fingerprint density at radius 2 is 1.84 bits per heavy atom. The van der Waals surface area contributed by atoms with E-state index in [0.717, 1.165) is 18.5 Å². The van der Waals surface area contributed by atoms with Crippen molar-refractivity contribution in [3.63, 3.8) is 0 Å². The summed E-state index contributed by atoms with van der Waals surface area (Å²) < 4.78 is 39.7. The third-order valence-corrected chi connectivity index (χ3v) is 7.41. The molecule has 1 fully saturated rings. The van der Waals surface area contributed by atoms with E-state index >= 15 is 0 Å². The predicted octanol–water partition coefficient (Wildman–Crippen LogP) is 3.03. The Labute approximate surface area is 189 Å².